The summed E-state index contributed by atoms with van der Waals surface area (Å²) in [5.41, 5.74) is 5.06. The average molecular weight is 364 g/mol. The van der Waals surface area contributed by atoms with Crippen molar-refractivity contribution in [2.24, 2.45) is 0 Å². The van der Waals surface area contributed by atoms with Gasteiger partial charge in [0.2, 0.25) is 0 Å². The molecule has 1 aliphatic rings. The number of benzene rings is 2. The van der Waals surface area contributed by atoms with Crippen LogP contribution in [0.5, 0.6) is 0 Å². The van der Waals surface area contributed by atoms with Gasteiger partial charge in [0, 0.05) is 6.07 Å². The van der Waals surface area contributed by atoms with Crippen LogP contribution in [0.2, 0.25) is 9.26 Å². The molecule has 3 heteroatoms. The van der Waals surface area contributed by atoms with Crippen molar-refractivity contribution in [3.8, 4) is 11.1 Å². The Kier molecular flexibility index (Phi) is 5.64. The van der Waals surface area contributed by atoms with E-state index in [-0.39, 0.29) is 23.2 Å². The molecule has 21 heavy (non-hydrogen) atoms. The third kappa shape index (κ3) is 3.98. The molecule has 0 radical (unpaired) electrons. The van der Waals surface area contributed by atoms with Gasteiger partial charge in [-0.1, -0.05) is 29.8 Å². The molecule has 0 saturated heterocycles. The zero-order chi connectivity index (χ0) is 15.4. The second kappa shape index (κ2) is 7.27. The van der Waals surface area contributed by atoms with Crippen LogP contribution in [0.25, 0.3) is 17.2 Å². The Balaban J connectivity index is 0.000000497. The Hall–Kier alpha value is -1.08. The Bertz CT molecular complexity index is 655. The molecule has 2 aromatic carbocycles. The van der Waals surface area contributed by atoms with Gasteiger partial charge in [0.25, 0.3) is 0 Å². The molecule has 108 valence electrons. The molecule has 0 spiro atoms. The Morgan fingerprint density at radius 3 is 2.24 bits per heavy atom. The maximum absolute atomic E-state index is 13.3. The van der Waals surface area contributed by atoms with Gasteiger partial charge in [-0.05, 0) is 47.7 Å². The van der Waals surface area contributed by atoms with E-state index in [9.17, 15) is 8.78 Å². The molecule has 3 rings (SSSR count). The first-order valence-corrected chi connectivity index (χ1v) is 11.8. The van der Waals surface area contributed by atoms with Crippen molar-refractivity contribution in [2.75, 3.05) is 0 Å². The predicted octanol–water partition coefficient (Wildman–Crippen LogP) is 5.76. The molecular formula is C18H18F2Zr. The van der Waals surface area contributed by atoms with E-state index in [1.54, 1.807) is 0 Å². The molecule has 0 fully saturated rings. The standard InChI is InChI=1S/C16H12F2.2CH3.Zr/c1-10-5-11-3-2-4-15(16(11)6-10)12-7-13(17)9-14(18)8-12;;;/h2-4,6-9H,5H2,1H3;2*1H3;. The van der Waals surface area contributed by atoms with Crippen molar-refractivity contribution in [1.82, 2.24) is 0 Å². The molecule has 2 aromatic rings. The minimum absolute atomic E-state index is 0.230. The van der Waals surface area contributed by atoms with Gasteiger partial charge < -0.3 is 0 Å². The first-order valence-electron chi connectivity index (χ1n) is 6.89. The van der Waals surface area contributed by atoms with Gasteiger partial charge in [0.1, 0.15) is 11.6 Å². The molecule has 0 N–H and O–H groups in total. The second-order valence-corrected chi connectivity index (χ2v) is 7.66. The van der Waals surface area contributed by atoms with Gasteiger partial charge in [-0.15, -0.1) is 0 Å². The molecule has 0 saturated carbocycles. The maximum atomic E-state index is 13.3. The van der Waals surface area contributed by atoms with Crippen LogP contribution in [0.1, 0.15) is 18.1 Å². The SMILES string of the molecule is CC1=Cc2c(cccc2-c2cc(F)cc(F)c2)C1.[CH3][Zr][CH3]. The normalized spacial score (nSPS) is 12.1. The summed E-state index contributed by atoms with van der Waals surface area (Å²) in [5.74, 6) is -1.08. The second-order valence-electron chi connectivity index (χ2n) is 5.20. The summed E-state index contributed by atoms with van der Waals surface area (Å²) in [6, 6.07) is 9.54. The van der Waals surface area contributed by atoms with E-state index in [4.69, 9.17) is 0 Å². The first-order chi connectivity index (χ1) is 10.0. The van der Waals surface area contributed by atoms with Gasteiger partial charge in [-0.3, -0.25) is 0 Å². The van der Waals surface area contributed by atoms with E-state index < -0.39 is 11.6 Å². The summed E-state index contributed by atoms with van der Waals surface area (Å²) in [7, 11) is 0. The van der Waals surface area contributed by atoms with Crippen LogP contribution >= 0.6 is 0 Å². The van der Waals surface area contributed by atoms with Crippen LogP contribution in [-0.4, -0.2) is 0 Å². The number of hydrogen-bond acceptors (Lipinski definition) is 0. The fraction of sp³-hybridized carbons (Fsp3) is 0.222. The zero-order valence-electron chi connectivity index (χ0n) is 12.5. The van der Waals surface area contributed by atoms with Crippen molar-refractivity contribution in [1.29, 1.82) is 0 Å². The number of rotatable bonds is 1. The van der Waals surface area contributed by atoms with Gasteiger partial charge in [0.15, 0.2) is 0 Å². The topological polar surface area (TPSA) is 0 Å². The van der Waals surface area contributed by atoms with E-state index in [1.165, 1.54) is 23.3 Å². The van der Waals surface area contributed by atoms with Crippen molar-refractivity contribution >= 4 is 6.08 Å². The number of allylic oxidation sites excluding steroid dienone is 1. The molecular weight excluding hydrogens is 345 g/mol. The summed E-state index contributed by atoms with van der Waals surface area (Å²) < 4.78 is 31.2. The van der Waals surface area contributed by atoms with Crippen molar-refractivity contribution in [3.63, 3.8) is 0 Å². The molecule has 0 aromatic heterocycles. The molecule has 0 bridgehead atoms. The van der Waals surface area contributed by atoms with Gasteiger partial charge in [0.05, 0.1) is 0 Å². The molecule has 0 amide bonds. The first kappa shape index (κ1) is 16.3. The summed E-state index contributed by atoms with van der Waals surface area (Å²) >= 11 is 0.230. The van der Waals surface area contributed by atoms with E-state index in [0.29, 0.717) is 5.56 Å². The summed E-state index contributed by atoms with van der Waals surface area (Å²) in [6.45, 7) is 2.07. The quantitative estimate of drug-likeness (QED) is 0.604. The summed E-state index contributed by atoms with van der Waals surface area (Å²) in [6.07, 6.45) is 3.01. The summed E-state index contributed by atoms with van der Waals surface area (Å²) in [5, 5.41) is 0. The van der Waals surface area contributed by atoms with Crippen LogP contribution < -0.4 is 0 Å². The monoisotopic (exact) mass is 362 g/mol. The molecule has 0 atom stereocenters. The molecule has 0 heterocycles. The minimum atomic E-state index is -0.540. The van der Waals surface area contributed by atoms with Gasteiger partial charge in [-0.2, -0.15) is 0 Å². The fourth-order valence-corrected chi connectivity index (χ4v) is 2.50. The third-order valence-corrected chi connectivity index (χ3v) is 3.23. The van der Waals surface area contributed by atoms with Crippen LogP contribution in [0.3, 0.4) is 0 Å². The van der Waals surface area contributed by atoms with Crippen molar-refractivity contribution in [3.05, 3.63) is 64.7 Å². The summed E-state index contributed by atoms with van der Waals surface area (Å²) in [4.78, 5) is 0. The molecule has 0 unspecified atom stereocenters. The van der Waals surface area contributed by atoms with E-state index in [1.807, 2.05) is 12.1 Å². The molecule has 0 nitrogen and oxygen atoms in total. The number of halogens is 2. The Morgan fingerprint density at radius 2 is 1.62 bits per heavy atom. The van der Waals surface area contributed by atoms with Crippen LogP contribution in [0, 0.1) is 11.6 Å². The number of fused-ring (bicyclic) bond motifs is 1. The fourth-order valence-electron chi connectivity index (χ4n) is 2.50. The van der Waals surface area contributed by atoms with Gasteiger partial charge in [-0.25, -0.2) is 8.78 Å². The zero-order valence-corrected chi connectivity index (χ0v) is 15.0. The third-order valence-electron chi connectivity index (χ3n) is 3.23. The van der Waals surface area contributed by atoms with Crippen molar-refractivity contribution < 1.29 is 32.0 Å². The Morgan fingerprint density at radius 1 is 1.00 bits per heavy atom. The molecule has 1 aliphatic carbocycles. The molecule has 0 aliphatic heterocycles. The van der Waals surface area contributed by atoms with Crippen LogP contribution in [0.4, 0.5) is 8.78 Å². The van der Waals surface area contributed by atoms with Crippen LogP contribution in [-0.2, 0) is 29.7 Å². The van der Waals surface area contributed by atoms with E-state index >= 15 is 0 Å². The predicted molar refractivity (Wildman–Crippen MR) is 80.9 cm³/mol. The Labute approximate surface area is 136 Å². The van der Waals surface area contributed by atoms with Crippen LogP contribution in [0.15, 0.2) is 42.0 Å². The van der Waals surface area contributed by atoms with Gasteiger partial charge >= 0.3 is 32.5 Å². The van der Waals surface area contributed by atoms with E-state index in [2.05, 4.69) is 28.3 Å². The number of hydrogen-bond donors (Lipinski definition) is 0. The van der Waals surface area contributed by atoms with Crippen molar-refractivity contribution in [2.45, 2.75) is 22.6 Å². The average Bonchev–Trinajstić information content (AvgIpc) is 2.78. The van der Waals surface area contributed by atoms with E-state index in [0.717, 1.165) is 23.6 Å².